The summed E-state index contributed by atoms with van der Waals surface area (Å²) in [7, 11) is 0. The molecule has 1 aliphatic carbocycles. The van der Waals surface area contributed by atoms with E-state index in [1.54, 1.807) is 0 Å². The number of amides is 2. The molecule has 2 atom stereocenters. The highest BCUT2D eigenvalue weighted by Crippen LogP contribution is 2.26. The van der Waals surface area contributed by atoms with Gasteiger partial charge in [0.1, 0.15) is 0 Å². The summed E-state index contributed by atoms with van der Waals surface area (Å²) >= 11 is 1.46. The number of piperazine rings is 1. The van der Waals surface area contributed by atoms with E-state index in [-0.39, 0.29) is 23.8 Å². The Balaban J connectivity index is 1.55. The molecule has 0 radical (unpaired) electrons. The van der Waals surface area contributed by atoms with E-state index in [0.29, 0.717) is 26.2 Å². The normalized spacial score (nSPS) is 26.1. The van der Waals surface area contributed by atoms with Crippen LogP contribution in [0, 0.1) is 5.92 Å². The minimum Gasteiger partial charge on any atom is -0.339 e. The molecule has 1 aromatic heterocycles. The molecule has 114 valence electrons. The quantitative estimate of drug-likeness (QED) is 0.891. The second-order valence-electron chi connectivity index (χ2n) is 5.80. The summed E-state index contributed by atoms with van der Waals surface area (Å²) in [5.41, 5.74) is 6.02. The predicted molar refractivity (Wildman–Crippen MR) is 82.1 cm³/mol. The van der Waals surface area contributed by atoms with Crippen molar-refractivity contribution in [1.29, 1.82) is 0 Å². The van der Waals surface area contributed by atoms with Crippen molar-refractivity contribution in [3.05, 3.63) is 22.4 Å². The summed E-state index contributed by atoms with van der Waals surface area (Å²) in [6, 6.07) is 3.75. The third-order valence-electron chi connectivity index (χ3n) is 4.50. The first-order chi connectivity index (χ1) is 10.2. The SMILES string of the molecule is NC1CCCC1C(=O)N1CCN(C(=O)c2cccs2)CC1. The van der Waals surface area contributed by atoms with E-state index in [0.717, 1.165) is 24.1 Å². The van der Waals surface area contributed by atoms with Crippen LogP contribution in [0.4, 0.5) is 0 Å². The Morgan fingerprint density at radius 2 is 1.86 bits per heavy atom. The third kappa shape index (κ3) is 2.96. The van der Waals surface area contributed by atoms with Crippen molar-refractivity contribution in [1.82, 2.24) is 9.80 Å². The molecule has 1 aliphatic heterocycles. The Labute approximate surface area is 128 Å². The number of carbonyl (C=O) groups is 2. The third-order valence-corrected chi connectivity index (χ3v) is 5.35. The number of nitrogens with zero attached hydrogens (tertiary/aromatic N) is 2. The topological polar surface area (TPSA) is 66.6 Å². The Hall–Kier alpha value is -1.40. The lowest BCUT2D eigenvalue weighted by molar-refractivity contribution is -0.137. The summed E-state index contributed by atoms with van der Waals surface area (Å²) in [6.45, 7) is 2.48. The van der Waals surface area contributed by atoms with E-state index < -0.39 is 0 Å². The molecular weight excluding hydrogens is 286 g/mol. The van der Waals surface area contributed by atoms with E-state index in [9.17, 15) is 9.59 Å². The fraction of sp³-hybridized carbons (Fsp3) is 0.600. The van der Waals surface area contributed by atoms with Crippen LogP contribution >= 0.6 is 11.3 Å². The predicted octanol–water partition coefficient (Wildman–Crippen LogP) is 1.16. The maximum Gasteiger partial charge on any atom is 0.264 e. The van der Waals surface area contributed by atoms with Gasteiger partial charge in [-0.25, -0.2) is 0 Å². The van der Waals surface area contributed by atoms with Gasteiger partial charge >= 0.3 is 0 Å². The monoisotopic (exact) mass is 307 g/mol. The van der Waals surface area contributed by atoms with Gasteiger partial charge in [-0.05, 0) is 24.3 Å². The van der Waals surface area contributed by atoms with Gasteiger partial charge in [-0.3, -0.25) is 9.59 Å². The van der Waals surface area contributed by atoms with Crippen molar-refractivity contribution >= 4 is 23.2 Å². The zero-order valence-corrected chi connectivity index (χ0v) is 12.8. The van der Waals surface area contributed by atoms with Crippen molar-refractivity contribution in [2.75, 3.05) is 26.2 Å². The first-order valence-corrected chi connectivity index (χ1v) is 8.42. The van der Waals surface area contributed by atoms with Gasteiger partial charge in [-0.15, -0.1) is 11.3 Å². The van der Waals surface area contributed by atoms with Gasteiger partial charge in [-0.1, -0.05) is 12.5 Å². The standard InChI is InChI=1S/C15H21N3O2S/c16-12-4-1-3-11(12)14(19)17-6-8-18(9-7-17)15(20)13-5-2-10-21-13/h2,5,10-12H,1,3-4,6-9,16H2. The fourth-order valence-electron chi connectivity index (χ4n) is 3.22. The summed E-state index contributed by atoms with van der Waals surface area (Å²) < 4.78 is 0. The van der Waals surface area contributed by atoms with Crippen LogP contribution in [0.1, 0.15) is 28.9 Å². The first-order valence-electron chi connectivity index (χ1n) is 7.54. The molecule has 1 saturated heterocycles. The van der Waals surface area contributed by atoms with E-state index in [2.05, 4.69) is 0 Å². The van der Waals surface area contributed by atoms with Crippen LogP contribution < -0.4 is 5.73 Å². The highest BCUT2D eigenvalue weighted by Gasteiger charge is 2.35. The van der Waals surface area contributed by atoms with E-state index in [1.165, 1.54) is 11.3 Å². The van der Waals surface area contributed by atoms with Crippen molar-refractivity contribution in [3.63, 3.8) is 0 Å². The van der Waals surface area contributed by atoms with Crippen LogP contribution in [0.2, 0.25) is 0 Å². The molecule has 5 nitrogen and oxygen atoms in total. The number of nitrogens with two attached hydrogens (primary N) is 1. The molecule has 0 spiro atoms. The van der Waals surface area contributed by atoms with Gasteiger partial charge in [0, 0.05) is 32.2 Å². The Morgan fingerprint density at radius 3 is 2.43 bits per heavy atom. The molecule has 1 aromatic rings. The molecular formula is C15H21N3O2S. The summed E-state index contributed by atoms with van der Waals surface area (Å²) in [4.78, 5) is 29.2. The van der Waals surface area contributed by atoms with Crippen LogP contribution in [0.5, 0.6) is 0 Å². The molecule has 0 aromatic carbocycles. The molecule has 6 heteroatoms. The molecule has 2 heterocycles. The summed E-state index contributed by atoms with van der Waals surface area (Å²) in [5.74, 6) is 0.252. The molecule has 2 aliphatic rings. The molecule has 0 bridgehead atoms. The van der Waals surface area contributed by atoms with Crippen LogP contribution in [0.25, 0.3) is 0 Å². The molecule has 2 unspecified atom stereocenters. The average molecular weight is 307 g/mol. The summed E-state index contributed by atoms with van der Waals surface area (Å²) in [5, 5.41) is 1.91. The van der Waals surface area contributed by atoms with Gasteiger partial charge in [0.05, 0.1) is 10.8 Å². The fourth-order valence-corrected chi connectivity index (χ4v) is 3.91. The van der Waals surface area contributed by atoms with Gasteiger partial charge in [-0.2, -0.15) is 0 Å². The Bertz CT molecular complexity index is 509. The van der Waals surface area contributed by atoms with E-state index in [1.807, 2.05) is 27.3 Å². The largest absolute Gasteiger partial charge is 0.339 e. The lowest BCUT2D eigenvalue weighted by Crippen LogP contribution is -2.53. The molecule has 3 rings (SSSR count). The number of rotatable bonds is 2. The first kappa shape index (κ1) is 14.5. The maximum absolute atomic E-state index is 12.5. The van der Waals surface area contributed by atoms with Gasteiger partial charge in [0.2, 0.25) is 5.91 Å². The zero-order chi connectivity index (χ0) is 14.8. The van der Waals surface area contributed by atoms with Crippen LogP contribution in [-0.2, 0) is 4.79 Å². The Kier molecular flexibility index (Phi) is 4.26. The number of thiophene rings is 1. The van der Waals surface area contributed by atoms with Crippen LogP contribution in [0.15, 0.2) is 17.5 Å². The maximum atomic E-state index is 12.5. The minimum atomic E-state index is -0.00968. The molecule has 1 saturated carbocycles. The number of hydrogen-bond donors (Lipinski definition) is 1. The van der Waals surface area contributed by atoms with Gasteiger partial charge in [0.15, 0.2) is 0 Å². The molecule has 2 fully saturated rings. The highest BCUT2D eigenvalue weighted by molar-refractivity contribution is 7.12. The van der Waals surface area contributed by atoms with Crippen molar-refractivity contribution in [2.24, 2.45) is 11.7 Å². The molecule has 2 N–H and O–H groups in total. The second-order valence-corrected chi connectivity index (χ2v) is 6.74. The minimum absolute atomic E-state index is 0.00968. The van der Waals surface area contributed by atoms with Crippen LogP contribution in [0.3, 0.4) is 0 Å². The molecule has 2 amide bonds. The average Bonchev–Trinajstić information content (AvgIpc) is 3.17. The highest BCUT2D eigenvalue weighted by atomic mass is 32.1. The number of hydrogen-bond acceptors (Lipinski definition) is 4. The van der Waals surface area contributed by atoms with Gasteiger partial charge < -0.3 is 15.5 Å². The lowest BCUT2D eigenvalue weighted by atomic mass is 10.0. The second kappa shape index (κ2) is 6.15. The van der Waals surface area contributed by atoms with Gasteiger partial charge in [0.25, 0.3) is 5.91 Å². The summed E-state index contributed by atoms with van der Waals surface area (Å²) in [6.07, 6.45) is 2.91. The molecule has 21 heavy (non-hydrogen) atoms. The van der Waals surface area contributed by atoms with Crippen molar-refractivity contribution in [3.8, 4) is 0 Å². The zero-order valence-electron chi connectivity index (χ0n) is 12.0. The smallest absolute Gasteiger partial charge is 0.264 e. The van der Waals surface area contributed by atoms with Crippen LogP contribution in [-0.4, -0.2) is 53.8 Å². The van der Waals surface area contributed by atoms with E-state index >= 15 is 0 Å². The van der Waals surface area contributed by atoms with Crippen molar-refractivity contribution in [2.45, 2.75) is 25.3 Å². The number of carbonyl (C=O) groups excluding carboxylic acids is 2. The van der Waals surface area contributed by atoms with E-state index in [4.69, 9.17) is 5.73 Å². The Morgan fingerprint density at radius 1 is 1.14 bits per heavy atom. The van der Waals surface area contributed by atoms with Crippen molar-refractivity contribution < 1.29 is 9.59 Å². The lowest BCUT2D eigenvalue weighted by Gasteiger charge is -2.36.